The summed E-state index contributed by atoms with van der Waals surface area (Å²) >= 11 is 0. The van der Waals surface area contributed by atoms with Crippen molar-refractivity contribution in [2.75, 3.05) is 6.54 Å². The van der Waals surface area contributed by atoms with Crippen LogP contribution in [0.15, 0.2) is 35.4 Å². The molecule has 0 fully saturated rings. The smallest absolute Gasteiger partial charge is 0.249 e. The number of carbonyl (C=O) groups is 1. The van der Waals surface area contributed by atoms with Gasteiger partial charge in [-0.15, -0.1) is 0 Å². The van der Waals surface area contributed by atoms with Crippen molar-refractivity contribution in [1.29, 1.82) is 0 Å². The highest BCUT2D eigenvalue weighted by Gasteiger charge is 2.31. The van der Waals surface area contributed by atoms with E-state index in [-0.39, 0.29) is 17.7 Å². The van der Waals surface area contributed by atoms with Gasteiger partial charge in [0, 0.05) is 24.2 Å². The predicted octanol–water partition coefficient (Wildman–Crippen LogP) is 7.61. The minimum absolute atomic E-state index is 0.0587. The van der Waals surface area contributed by atoms with Crippen LogP contribution in [0.25, 0.3) is 0 Å². The number of halogens is 1. The molecule has 176 valence electrons. The highest BCUT2D eigenvalue weighted by Crippen LogP contribution is 2.34. The second kappa shape index (κ2) is 16.1. The Hall–Kier alpha value is -1.58. The van der Waals surface area contributed by atoms with Gasteiger partial charge >= 0.3 is 0 Å². The predicted molar refractivity (Wildman–Crippen MR) is 129 cm³/mol. The lowest BCUT2D eigenvalue weighted by Crippen LogP contribution is -2.28. The number of hydrogen-bond acceptors (Lipinski definition) is 2. The molecule has 0 saturated carbocycles. The van der Waals surface area contributed by atoms with Gasteiger partial charge in [-0.25, -0.2) is 4.39 Å². The lowest BCUT2D eigenvalue weighted by molar-refractivity contribution is -0.117. The summed E-state index contributed by atoms with van der Waals surface area (Å²) < 4.78 is 13.8. The van der Waals surface area contributed by atoms with Crippen molar-refractivity contribution in [2.45, 2.75) is 116 Å². The van der Waals surface area contributed by atoms with Crippen molar-refractivity contribution in [3.8, 4) is 0 Å². The fourth-order valence-electron chi connectivity index (χ4n) is 4.59. The molecule has 1 aliphatic heterocycles. The van der Waals surface area contributed by atoms with E-state index in [9.17, 15) is 9.18 Å². The number of carbonyl (C=O) groups excluding carboxylic acids is 1. The lowest BCUT2D eigenvalue weighted by Gasteiger charge is -2.17. The molecule has 0 spiro atoms. The second-order valence-corrected chi connectivity index (χ2v) is 9.26. The Bertz CT molecular complexity index is 608. The number of amides is 1. The third kappa shape index (κ3) is 10.1. The van der Waals surface area contributed by atoms with E-state index < -0.39 is 0 Å². The van der Waals surface area contributed by atoms with E-state index in [1.165, 1.54) is 102 Å². The number of fused-ring (bicyclic) bond motifs is 1. The molecule has 0 aromatic rings. The van der Waals surface area contributed by atoms with Gasteiger partial charge in [0.25, 0.3) is 0 Å². The molecule has 0 bridgehead atoms. The monoisotopic (exact) mass is 432 g/mol. The Morgan fingerprint density at radius 2 is 1.42 bits per heavy atom. The first-order valence-corrected chi connectivity index (χ1v) is 13.0. The van der Waals surface area contributed by atoms with Gasteiger partial charge in [0.1, 0.15) is 5.83 Å². The Morgan fingerprint density at radius 1 is 0.903 bits per heavy atom. The van der Waals surface area contributed by atoms with Crippen LogP contribution in [-0.4, -0.2) is 12.5 Å². The van der Waals surface area contributed by atoms with Crippen LogP contribution in [0.3, 0.4) is 0 Å². The highest BCUT2D eigenvalue weighted by molar-refractivity contribution is 5.95. The summed E-state index contributed by atoms with van der Waals surface area (Å²) in [5.74, 6) is -0.458. The molecule has 1 amide bonds. The van der Waals surface area contributed by atoms with Crippen LogP contribution in [0.1, 0.15) is 116 Å². The zero-order valence-electron chi connectivity index (χ0n) is 19.8. The van der Waals surface area contributed by atoms with Crippen LogP contribution in [0, 0.1) is 5.92 Å². The van der Waals surface area contributed by atoms with Gasteiger partial charge in [0.2, 0.25) is 5.91 Å². The normalized spacial score (nSPS) is 17.5. The van der Waals surface area contributed by atoms with Crippen molar-refractivity contribution >= 4 is 5.91 Å². The van der Waals surface area contributed by atoms with Crippen molar-refractivity contribution in [1.82, 2.24) is 10.6 Å². The van der Waals surface area contributed by atoms with E-state index >= 15 is 0 Å². The first-order valence-electron chi connectivity index (χ1n) is 13.0. The van der Waals surface area contributed by atoms with E-state index in [1.807, 2.05) is 0 Å². The number of allylic oxidation sites excluding steroid dienone is 4. The van der Waals surface area contributed by atoms with Gasteiger partial charge < -0.3 is 10.6 Å². The first kappa shape index (κ1) is 25.7. The second-order valence-electron chi connectivity index (χ2n) is 9.26. The zero-order chi connectivity index (χ0) is 22.2. The lowest BCUT2D eigenvalue weighted by atomic mass is 9.91. The van der Waals surface area contributed by atoms with E-state index in [0.29, 0.717) is 24.2 Å². The van der Waals surface area contributed by atoms with Gasteiger partial charge in [0.05, 0.1) is 5.70 Å². The van der Waals surface area contributed by atoms with Crippen LogP contribution in [0.4, 0.5) is 4.39 Å². The van der Waals surface area contributed by atoms with Crippen LogP contribution in [-0.2, 0) is 4.79 Å². The summed E-state index contributed by atoms with van der Waals surface area (Å²) in [6.45, 7) is 2.98. The van der Waals surface area contributed by atoms with Crippen LogP contribution in [0.5, 0.6) is 0 Å². The van der Waals surface area contributed by atoms with Gasteiger partial charge in [0.15, 0.2) is 0 Å². The van der Waals surface area contributed by atoms with E-state index in [2.05, 4.69) is 17.6 Å². The molecule has 0 aromatic carbocycles. The quantitative estimate of drug-likeness (QED) is 0.219. The van der Waals surface area contributed by atoms with Gasteiger partial charge in [-0.3, -0.25) is 4.79 Å². The van der Waals surface area contributed by atoms with Crippen molar-refractivity contribution < 1.29 is 9.18 Å². The average Bonchev–Trinajstić information content (AvgIpc) is 3.21. The molecule has 1 atom stereocenters. The fraction of sp³-hybridized carbons (Fsp3) is 0.741. The number of nitrogens with one attached hydrogen (secondary N) is 2. The Morgan fingerprint density at radius 3 is 1.97 bits per heavy atom. The number of unbranched alkanes of at least 4 members (excludes halogenated alkanes) is 15. The van der Waals surface area contributed by atoms with Gasteiger partial charge in [-0.1, -0.05) is 109 Å². The van der Waals surface area contributed by atoms with Crippen molar-refractivity contribution in [3.63, 3.8) is 0 Å². The Balaban J connectivity index is 1.34. The molecular weight excluding hydrogens is 387 g/mol. The minimum Gasteiger partial charge on any atom is -0.362 e. The fourth-order valence-corrected chi connectivity index (χ4v) is 4.59. The topological polar surface area (TPSA) is 41.1 Å². The third-order valence-corrected chi connectivity index (χ3v) is 6.58. The molecule has 0 radical (unpaired) electrons. The first-order chi connectivity index (χ1) is 15.2. The van der Waals surface area contributed by atoms with Crippen LogP contribution < -0.4 is 10.6 Å². The van der Waals surface area contributed by atoms with Crippen LogP contribution in [0.2, 0.25) is 0 Å². The maximum absolute atomic E-state index is 13.8. The average molecular weight is 433 g/mol. The van der Waals surface area contributed by atoms with Crippen molar-refractivity contribution in [3.05, 3.63) is 35.4 Å². The van der Waals surface area contributed by atoms with E-state index in [1.54, 1.807) is 12.3 Å². The standard InChI is InChI=1S/C27H45FN2O/c1-2-3-4-5-6-7-8-9-10-11-12-13-14-15-16-17-21-29-27(31)24-22-30-26-23(24)19-18-20-25(26)28/h18,20,22-23,30H,2-17,19,21H2,1H3,(H,29,31). The molecule has 2 N–H and O–H groups in total. The highest BCUT2D eigenvalue weighted by atomic mass is 19.1. The molecular formula is C27H45FN2O. The summed E-state index contributed by atoms with van der Waals surface area (Å²) in [6, 6.07) is 0. The maximum Gasteiger partial charge on any atom is 0.249 e. The molecule has 4 heteroatoms. The molecule has 2 rings (SSSR count). The molecule has 0 saturated heterocycles. The third-order valence-electron chi connectivity index (χ3n) is 6.58. The molecule has 0 aromatic heterocycles. The summed E-state index contributed by atoms with van der Waals surface area (Å²) in [7, 11) is 0. The SMILES string of the molecule is CCCCCCCCCCCCCCCCCCNC(=O)C1=CNC2=C(F)C=CCC12. The van der Waals surface area contributed by atoms with Gasteiger partial charge in [-0.05, 0) is 18.9 Å². The van der Waals surface area contributed by atoms with E-state index in [4.69, 9.17) is 0 Å². The molecule has 31 heavy (non-hydrogen) atoms. The molecule has 1 aliphatic carbocycles. The Labute approximate surface area is 190 Å². The Kier molecular flexibility index (Phi) is 13.3. The van der Waals surface area contributed by atoms with Crippen molar-refractivity contribution in [2.24, 2.45) is 5.92 Å². The summed E-state index contributed by atoms with van der Waals surface area (Å²) in [5.41, 5.74) is 1.20. The molecule has 2 aliphatic rings. The van der Waals surface area contributed by atoms with Gasteiger partial charge in [-0.2, -0.15) is 0 Å². The zero-order valence-corrected chi connectivity index (χ0v) is 19.8. The number of hydrogen-bond donors (Lipinski definition) is 2. The van der Waals surface area contributed by atoms with Crippen LogP contribution >= 0.6 is 0 Å². The number of rotatable bonds is 18. The summed E-state index contributed by atoms with van der Waals surface area (Å²) in [4.78, 5) is 12.4. The molecule has 3 nitrogen and oxygen atoms in total. The largest absolute Gasteiger partial charge is 0.362 e. The van der Waals surface area contributed by atoms with E-state index in [0.717, 1.165) is 6.42 Å². The molecule has 1 unspecified atom stereocenters. The summed E-state index contributed by atoms with van der Waals surface area (Å²) in [5, 5.41) is 5.93. The minimum atomic E-state index is -0.256. The maximum atomic E-state index is 13.8. The summed E-state index contributed by atoms with van der Waals surface area (Å²) in [6.07, 6.45) is 27.2. The molecule has 1 heterocycles.